The number of nitrogens with two attached hydrogens (primary N) is 1. The molecule has 1 fully saturated rings. The number of carbonyl (C=O) groups is 1. The number of sulfonamides is 1. The molecule has 164 valence electrons. The molecular formula is C21H23FN4O4S. The maximum Gasteiger partial charge on any atom is 0.267 e. The molecule has 0 aliphatic carbocycles. The van der Waals surface area contributed by atoms with Gasteiger partial charge in [0.05, 0.1) is 0 Å². The molecule has 3 heterocycles. The second kappa shape index (κ2) is 7.69. The van der Waals surface area contributed by atoms with E-state index in [1.165, 1.54) is 25.2 Å². The molecule has 10 heteroatoms. The summed E-state index contributed by atoms with van der Waals surface area (Å²) in [6, 6.07) is 7.63. The zero-order valence-electron chi connectivity index (χ0n) is 17.2. The van der Waals surface area contributed by atoms with Crippen molar-refractivity contribution in [1.29, 1.82) is 0 Å². The summed E-state index contributed by atoms with van der Waals surface area (Å²) in [6.45, 7) is 2.09. The number of fused-ring (bicyclic) bond motifs is 1. The van der Waals surface area contributed by atoms with Gasteiger partial charge in [0, 0.05) is 31.8 Å². The Kier molecular flexibility index (Phi) is 5.30. The van der Waals surface area contributed by atoms with Crippen molar-refractivity contribution >= 4 is 21.8 Å². The van der Waals surface area contributed by atoms with Crippen LogP contribution < -0.4 is 5.73 Å². The van der Waals surface area contributed by atoms with Crippen LogP contribution in [0.3, 0.4) is 0 Å². The third kappa shape index (κ3) is 3.59. The number of aryl methyl sites for hydroxylation is 1. The monoisotopic (exact) mass is 446 g/mol. The molecule has 2 aliphatic heterocycles. The molecular weight excluding hydrogens is 423 g/mol. The summed E-state index contributed by atoms with van der Waals surface area (Å²) in [5.41, 5.74) is 4.80. The van der Waals surface area contributed by atoms with Crippen LogP contribution in [0.5, 0.6) is 0 Å². The van der Waals surface area contributed by atoms with E-state index in [0.29, 0.717) is 17.7 Å². The van der Waals surface area contributed by atoms with Gasteiger partial charge in [0.15, 0.2) is 5.78 Å². The molecule has 1 saturated heterocycles. The highest BCUT2D eigenvalue weighted by Crippen LogP contribution is 2.45. The Bertz CT molecular complexity index is 1170. The number of guanidine groups is 1. The lowest BCUT2D eigenvalue weighted by Gasteiger charge is -2.45. The molecule has 2 N–H and O–H groups in total. The largest absolute Gasteiger partial charge is 0.369 e. The molecule has 1 aromatic heterocycles. The van der Waals surface area contributed by atoms with Crippen LogP contribution >= 0.6 is 0 Å². The number of benzene rings is 1. The number of rotatable bonds is 4. The number of ether oxygens (including phenoxy) is 1. The van der Waals surface area contributed by atoms with Gasteiger partial charge < -0.3 is 10.5 Å². The van der Waals surface area contributed by atoms with E-state index in [9.17, 15) is 13.2 Å². The smallest absolute Gasteiger partial charge is 0.267 e. The van der Waals surface area contributed by atoms with Gasteiger partial charge in [0.25, 0.3) is 10.0 Å². The minimum atomic E-state index is -4.01. The average molecular weight is 447 g/mol. The fraction of sp³-hybridized carbons (Fsp3) is 0.381. The first-order valence-corrected chi connectivity index (χ1v) is 11.3. The van der Waals surface area contributed by atoms with Crippen LogP contribution in [0.15, 0.2) is 41.5 Å². The lowest BCUT2D eigenvalue weighted by molar-refractivity contribution is 0.000551. The molecule has 8 nitrogen and oxygen atoms in total. The molecule has 0 spiro atoms. The molecule has 1 aromatic carbocycles. The lowest BCUT2D eigenvalue weighted by atomic mass is 9.83. The number of ketones is 1. The lowest BCUT2D eigenvalue weighted by Crippen LogP contribution is -2.60. The molecule has 0 saturated carbocycles. The molecule has 31 heavy (non-hydrogen) atoms. The Labute approximate surface area is 180 Å². The first-order chi connectivity index (χ1) is 14.6. The van der Waals surface area contributed by atoms with E-state index in [1.54, 1.807) is 18.3 Å². The zero-order valence-corrected chi connectivity index (χ0v) is 18.0. The Morgan fingerprint density at radius 3 is 2.84 bits per heavy atom. The number of Topliss-reactive ketones (excluding diaryl/α,β-unsaturated/α-hetero) is 1. The highest BCUT2D eigenvalue weighted by atomic mass is 32.2. The van der Waals surface area contributed by atoms with Gasteiger partial charge in [-0.25, -0.2) is 22.1 Å². The highest BCUT2D eigenvalue weighted by molar-refractivity contribution is 7.90. The van der Waals surface area contributed by atoms with E-state index < -0.39 is 26.8 Å². The van der Waals surface area contributed by atoms with E-state index in [0.717, 1.165) is 9.87 Å². The van der Waals surface area contributed by atoms with Crippen LogP contribution in [0.25, 0.3) is 0 Å². The predicted octanol–water partition coefficient (Wildman–Crippen LogP) is 1.88. The van der Waals surface area contributed by atoms with Crippen molar-refractivity contribution in [2.24, 2.45) is 10.7 Å². The van der Waals surface area contributed by atoms with Crippen LogP contribution in [-0.2, 0) is 26.7 Å². The molecule has 0 bridgehead atoms. The highest BCUT2D eigenvalue weighted by Gasteiger charge is 2.56. The quantitative estimate of drug-likeness (QED) is 0.717. The second-order valence-electron chi connectivity index (χ2n) is 7.85. The number of hydrogen-bond acceptors (Lipinski definition) is 7. The fourth-order valence-corrected chi connectivity index (χ4v) is 5.67. The minimum Gasteiger partial charge on any atom is -0.369 e. The second-order valence-corrected chi connectivity index (χ2v) is 9.85. The van der Waals surface area contributed by atoms with Gasteiger partial charge in [0.2, 0.25) is 11.4 Å². The number of hydrogen-bond donors (Lipinski definition) is 1. The van der Waals surface area contributed by atoms with Gasteiger partial charge in [-0.05, 0) is 49.1 Å². The normalized spacial score (nSPS) is 24.9. The summed E-state index contributed by atoms with van der Waals surface area (Å²) in [5, 5.41) is 0. The van der Waals surface area contributed by atoms with Crippen molar-refractivity contribution in [2.45, 2.75) is 37.2 Å². The Morgan fingerprint density at radius 2 is 2.13 bits per heavy atom. The summed E-state index contributed by atoms with van der Waals surface area (Å²) in [5.74, 6) is -1.09. The minimum absolute atomic E-state index is 0.0171. The molecule has 0 radical (unpaired) electrons. The maximum atomic E-state index is 15.0. The van der Waals surface area contributed by atoms with Crippen molar-refractivity contribution in [3.05, 3.63) is 64.7 Å². The molecule has 4 rings (SSSR count). The van der Waals surface area contributed by atoms with E-state index in [2.05, 4.69) is 9.98 Å². The third-order valence-electron chi connectivity index (χ3n) is 5.71. The van der Waals surface area contributed by atoms with Crippen LogP contribution in [0, 0.1) is 12.7 Å². The van der Waals surface area contributed by atoms with Gasteiger partial charge in [-0.1, -0.05) is 12.1 Å². The third-order valence-corrected chi connectivity index (χ3v) is 7.73. The molecule has 2 atom stereocenters. The number of pyridine rings is 1. The first kappa shape index (κ1) is 21.4. The maximum absolute atomic E-state index is 15.0. The van der Waals surface area contributed by atoms with Crippen molar-refractivity contribution in [3.63, 3.8) is 0 Å². The van der Waals surface area contributed by atoms with Gasteiger partial charge in [-0.2, -0.15) is 0 Å². The van der Waals surface area contributed by atoms with Gasteiger partial charge in [0.1, 0.15) is 17.1 Å². The van der Waals surface area contributed by atoms with E-state index in [4.69, 9.17) is 10.5 Å². The van der Waals surface area contributed by atoms with Gasteiger partial charge >= 0.3 is 0 Å². The Hall–Kier alpha value is -2.85. The summed E-state index contributed by atoms with van der Waals surface area (Å²) in [7, 11) is -2.72. The Balaban J connectivity index is 1.77. The first-order valence-electron chi connectivity index (χ1n) is 9.84. The van der Waals surface area contributed by atoms with Crippen molar-refractivity contribution < 1.29 is 22.3 Å². The number of nitrogens with zero attached hydrogens (tertiary/aromatic N) is 3. The summed E-state index contributed by atoms with van der Waals surface area (Å²) < 4.78 is 47.4. The summed E-state index contributed by atoms with van der Waals surface area (Å²) in [6.07, 6.45) is 2.32. The molecule has 1 unspecified atom stereocenters. The number of halogens is 1. The molecule has 2 aromatic rings. The standard InChI is InChI=1S/C21H23FN4O4S/c1-13-4-7-17(24-12-13)18(27)11-14-5-6-16(22)15(10-14)21-8-3-9-30-19(21)31(28,29)26(2)20(23)25-21/h4-7,10,12,19H,3,8-9,11H2,1-2H3,(H2,23,25)/t19?,21-/m1/s1. The van der Waals surface area contributed by atoms with Crippen LogP contribution in [0.4, 0.5) is 4.39 Å². The average Bonchev–Trinajstić information content (AvgIpc) is 2.74. The number of carbonyl (C=O) groups excluding carboxylic acids is 1. The zero-order chi connectivity index (χ0) is 22.4. The van der Waals surface area contributed by atoms with Gasteiger partial charge in [-0.15, -0.1) is 0 Å². The SMILES string of the molecule is Cc1ccc(C(=O)Cc2ccc(F)c([C@]34CCCOC3S(=O)(=O)N(C)C(N)=N4)c2)nc1. The van der Waals surface area contributed by atoms with Crippen molar-refractivity contribution in [1.82, 2.24) is 9.29 Å². The van der Waals surface area contributed by atoms with Crippen molar-refractivity contribution in [2.75, 3.05) is 13.7 Å². The topological polar surface area (TPSA) is 115 Å². The van der Waals surface area contributed by atoms with Gasteiger partial charge in [-0.3, -0.25) is 9.78 Å². The van der Waals surface area contributed by atoms with E-state index in [1.807, 2.05) is 6.92 Å². The fourth-order valence-electron chi connectivity index (χ4n) is 4.02. The molecule has 0 amide bonds. The van der Waals surface area contributed by atoms with E-state index >= 15 is 4.39 Å². The van der Waals surface area contributed by atoms with Crippen molar-refractivity contribution in [3.8, 4) is 0 Å². The number of aliphatic imine (C=N–C) groups is 1. The summed E-state index contributed by atoms with van der Waals surface area (Å²) in [4.78, 5) is 21.2. The van der Waals surface area contributed by atoms with Crippen LogP contribution in [0.2, 0.25) is 0 Å². The Morgan fingerprint density at radius 1 is 1.35 bits per heavy atom. The van der Waals surface area contributed by atoms with Crippen LogP contribution in [-0.4, -0.2) is 48.5 Å². The van der Waals surface area contributed by atoms with Crippen LogP contribution in [0.1, 0.15) is 40.0 Å². The molecule has 2 aliphatic rings. The van der Waals surface area contributed by atoms with E-state index in [-0.39, 0.29) is 36.8 Å². The summed E-state index contributed by atoms with van der Waals surface area (Å²) >= 11 is 0. The number of aromatic nitrogens is 1. The predicted molar refractivity (Wildman–Crippen MR) is 112 cm³/mol.